The molecule has 1 fully saturated rings. The second-order valence-electron chi connectivity index (χ2n) is 5.53. The van der Waals surface area contributed by atoms with Crippen LogP contribution in [0.25, 0.3) is 5.69 Å². The molecule has 7 heteroatoms. The van der Waals surface area contributed by atoms with Crippen LogP contribution in [-0.4, -0.2) is 46.8 Å². The van der Waals surface area contributed by atoms with Gasteiger partial charge in [0.15, 0.2) is 0 Å². The number of aryl methyl sites for hydroxylation is 1. The SMILES string of the molecule is Cc1ccc(-n2cc(S(=O)(=O)N(CCO)C3CC3)cn2)cc1. The molecule has 22 heavy (non-hydrogen) atoms. The van der Waals surface area contributed by atoms with E-state index in [1.165, 1.54) is 16.7 Å². The predicted octanol–water partition coefficient (Wildman–Crippen LogP) is 1.33. The van der Waals surface area contributed by atoms with E-state index in [2.05, 4.69) is 5.10 Å². The van der Waals surface area contributed by atoms with E-state index in [4.69, 9.17) is 5.11 Å². The van der Waals surface area contributed by atoms with Crippen molar-refractivity contribution in [2.75, 3.05) is 13.2 Å². The van der Waals surface area contributed by atoms with E-state index in [0.717, 1.165) is 24.1 Å². The Bertz CT molecular complexity index is 749. The first-order valence-corrected chi connectivity index (χ1v) is 8.71. The minimum absolute atomic E-state index is 0.0138. The molecule has 0 amide bonds. The Morgan fingerprint density at radius 1 is 1.32 bits per heavy atom. The second-order valence-corrected chi connectivity index (χ2v) is 7.42. The highest BCUT2D eigenvalue weighted by atomic mass is 32.2. The topological polar surface area (TPSA) is 75.4 Å². The summed E-state index contributed by atoms with van der Waals surface area (Å²) in [4.78, 5) is 0.161. The average molecular weight is 321 g/mol. The van der Waals surface area contributed by atoms with Gasteiger partial charge in [0.05, 0.1) is 24.7 Å². The van der Waals surface area contributed by atoms with Crippen LogP contribution in [0.5, 0.6) is 0 Å². The van der Waals surface area contributed by atoms with Crippen LogP contribution in [0.15, 0.2) is 41.6 Å². The van der Waals surface area contributed by atoms with Crippen LogP contribution in [0.3, 0.4) is 0 Å². The molecule has 1 aromatic heterocycles. The van der Waals surface area contributed by atoms with Crippen molar-refractivity contribution in [1.82, 2.24) is 14.1 Å². The third kappa shape index (κ3) is 2.92. The Morgan fingerprint density at radius 3 is 2.59 bits per heavy atom. The molecule has 0 atom stereocenters. The van der Waals surface area contributed by atoms with E-state index < -0.39 is 10.0 Å². The van der Waals surface area contributed by atoms with Crippen LogP contribution in [0.4, 0.5) is 0 Å². The minimum Gasteiger partial charge on any atom is -0.395 e. The zero-order valence-electron chi connectivity index (χ0n) is 12.4. The Kier molecular flexibility index (Phi) is 4.03. The number of benzene rings is 1. The number of aromatic nitrogens is 2. The van der Waals surface area contributed by atoms with Crippen molar-refractivity contribution in [1.29, 1.82) is 0 Å². The molecule has 0 radical (unpaired) electrons. The molecular formula is C15H19N3O3S. The molecule has 118 valence electrons. The number of hydrogen-bond donors (Lipinski definition) is 1. The quantitative estimate of drug-likeness (QED) is 0.871. The van der Waals surface area contributed by atoms with Crippen molar-refractivity contribution in [2.45, 2.75) is 30.7 Å². The summed E-state index contributed by atoms with van der Waals surface area (Å²) in [5, 5.41) is 13.3. The standard InChI is InChI=1S/C15H19N3O3S/c1-12-2-4-13(5-3-12)17-11-15(10-16-17)22(20,21)18(8-9-19)14-6-7-14/h2-5,10-11,14,19H,6-9H2,1H3. The maximum atomic E-state index is 12.7. The molecule has 1 heterocycles. The number of nitrogens with zero attached hydrogens (tertiary/aromatic N) is 3. The third-order valence-corrected chi connectivity index (χ3v) is 5.64. The van der Waals surface area contributed by atoms with Gasteiger partial charge in [0.25, 0.3) is 0 Å². The van der Waals surface area contributed by atoms with Crippen molar-refractivity contribution in [3.05, 3.63) is 42.2 Å². The smallest absolute Gasteiger partial charge is 0.246 e. The van der Waals surface area contributed by atoms with Gasteiger partial charge in [0.2, 0.25) is 10.0 Å². The molecule has 0 aliphatic heterocycles. The summed E-state index contributed by atoms with van der Waals surface area (Å²) in [6.45, 7) is 1.94. The van der Waals surface area contributed by atoms with E-state index in [1.54, 1.807) is 4.68 Å². The first kappa shape index (κ1) is 15.2. The van der Waals surface area contributed by atoms with Crippen molar-refractivity contribution in [3.8, 4) is 5.69 Å². The van der Waals surface area contributed by atoms with Gasteiger partial charge in [-0.1, -0.05) is 17.7 Å². The van der Waals surface area contributed by atoms with Gasteiger partial charge in [-0.2, -0.15) is 9.40 Å². The monoisotopic (exact) mass is 321 g/mol. The fraction of sp³-hybridized carbons (Fsp3) is 0.400. The Balaban J connectivity index is 1.90. The number of rotatable bonds is 6. The summed E-state index contributed by atoms with van der Waals surface area (Å²) in [7, 11) is -3.61. The maximum absolute atomic E-state index is 12.7. The molecule has 0 unspecified atom stereocenters. The predicted molar refractivity (Wildman–Crippen MR) is 82.3 cm³/mol. The van der Waals surface area contributed by atoms with Crippen LogP contribution in [0, 0.1) is 6.92 Å². The van der Waals surface area contributed by atoms with Crippen LogP contribution >= 0.6 is 0 Å². The van der Waals surface area contributed by atoms with Gasteiger partial charge in [-0.15, -0.1) is 0 Å². The Labute approximate surface area is 130 Å². The number of sulfonamides is 1. The third-order valence-electron chi connectivity index (χ3n) is 3.74. The lowest BCUT2D eigenvalue weighted by molar-refractivity contribution is 0.250. The molecule has 0 saturated heterocycles. The molecule has 1 aliphatic carbocycles. The van der Waals surface area contributed by atoms with Crippen LogP contribution in [-0.2, 0) is 10.0 Å². The van der Waals surface area contributed by atoms with Gasteiger partial charge in [-0.05, 0) is 31.9 Å². The Hall–Kier alpha value is -1.70. The second kappa shape index (κ2) is 5.83. The van der Waals surface area contributed by atoms with Crippen LogP contribution in [0.1, 0.15) is 18.4 Å². The zero-order valence-corrected chi connectivity index (χ0v) is 13.2. The van der Waals surface area contributed by atoms with Gasteiger partial charge in [-0.3, -0.25) is 0 Å². The molecule has 6 nitrogen and oxygen atoms in total. The van der Waals surface area contributed by atoms with Crippen molar-refractivity contribution < 1.29 is 13.5 Å². The van der Waals surface area contributed by atoms with Gasteiger partial charge >= 0.3 is 0 Å². The van der Waals surface area contributed by atoms with Gasteiger partial charge in [0.1, 0.15) is 4.90 Å². The van der Waals surface area contributed by atoms with E-state index in [9.17, 15) is 8.42 Å². The lowest BCUT2D eigenvalue weighted by Gasteiger charge is -2.19. The number of aliphatic hydroxyl groups is 1. The van der Waals surface area contributed by atoms with E-state index in [-0.39, 0.29) is 24.1 Å². The normalized spacial score (nSPS) is 15.4. The fourth-order valence-corrected chi connectivity index (χ4v) is 3.98. The van der Waals surface area contributed by atoms with Gasteiger partial charge in [-0.25, -0.2) is 13.1 Å². The summed E-state index contributed by atoms with van der Waals surface area (Å²) in [6.07, 6.45) is 4.59. The molecule has 0 spiro atoms. The minimum atomic E-state index is -3.61. The van der Waals surface area contributed by atoms with Gasteiger partial charge < -0.3 is 5.11 Å². The Morgan fingerprint density at radius 2 is 2.00 bits per heavy atom. The van der Waals surface area contributed by atoms with E-state index in [0.29, 0.717) is 0 Å². The number of aliphatic hydroxyl groups excluding tert-OH is 1. The van der Waals surface area contributed by atoms with Gasteiger partial charge in [0, 0.05) is 12.6 Å². The van der Waals surface area contributed by atoms with Crippen molar-refractivity contribution in [3.63, 3.8) is 0 Å². The van der Waals surface area contributed by atoms with E-state index >= 15 is 0 Å². The maximum Gasteiger partial charge on any atom is 0.246 e. The lowest BCUT2D eigenvalue weighted by Crippen LogP contribution is -2.35. The molecule has 0 bridgehead atoms. The van der Waals surface area contributed by atoms with Crippen molar-refractivity contribution >= 4 is 10.0 Å². The molecular weight excluding hydrogens is 302 g/mol. The summed E-state index contributed by atoms with van der Waals surface area (Å²) in [5.74, 6) is 0. The fourth-order valence-electron chi connectivity index (χ4n) is 2.37. The van der Waals surface area contributed by atoms with Crippen LogP contribution in [0.2, 0.25) is 0 Å². The molecule has 1 saturated carbocycles. The molecule has 2 aromatic rings. The molecule has 1 N–H and O–H groups in total. The van der Waals surface area contributed by atoms with E-state index in [1.807, 2.05) is 31.2 Å². The summed E-state index contributed by atoms with van der Waals surface area (Å²) >= 11 is 0. The first-order valence-electron chi connectivity index (χ1n) is 7.27. The molecule has 3 rings (SSSR count). The summed E-state index contributed by atoms with van der Waals surface area (Å²) < 4.78 is 28.3. The zero-order chi connectivity index (χ0) is 15.7. The molecule has 1 aliphatic rings. The first-order chi connectivity index (χ1) is 10.5. The summed E-state index contributed by atoms with van der Waals surface area (Å²) in [5.41, 5.74) is 1.94. The lowest BCUT2D eigenvalue weighted by atomic mass is 10.2. The highest BCUT2D eigenvalue weighted by molar-refractivity contribution is 7.89. The summed E-state index contributed by atoms with van der Waals surface area (Å²) in [6, 6.07) is 7.71. The van der Waals surface area contributed by atoms with Crippen LogP contribution < -0.4 is 0 Å². The highest BCUT2D eigenvalue weighted by Crippen LogP contribution is 2.31. The van der Waals surface area contributed by atoms with Crippen molar-refractivity contribution in [2.24, 2.45) is 0 Å². The number of hydrogen-bond acceptors (Lipinski definition) is 4. The highest BCUT2D eigenvalue weighted by Gasteiger charge is 2.38. The average Bonchev–Trinajstić information content (AvgIpc) is 3.20. The molecule has 1 aromatic carbocycles. The largest absolute Gasteiger partial charge is 0.395 e.